The predicted molar refractivity (Wildman–Crippen MR) is 220 cm³/mol. The van der Waals surface area contributed by atoms with Crippen molar-refractivity contribution >= 4 is 16.0 Å². The largest absolute Gasteiger partial charge is 0.387 e. The Balaban J connectivity index is 4.09. The summed E-state index contributed by atoms with van der Waals surface area (Å²) in [5.74, 6) is -1.05. The molecule has 0 aromatic heterocycles. The van der Waals surface area contributed by atoms with Crippen LogP contribution in [0.2, 0.25) is 0 Å². The number of allylic oxidation sites excluding steroid dienone is 13. The smallest absolute Gasteiger partial charge is 0.267 e. The van der Waals surface area contributed by atoms with Crippen molar-refractivity contribution in [1.29, 1.82) is 0 Å². The van der Waals surface area contributed by atoms with Crippen LogP contribution in [0.15, 0.2) is 85.1 Å². The molecule has 0 spiro atoms. The average Bonchev–Trinajstić information content (AvgIpc) is 3.09. The molecule has 0 aliphatic rings. The molecule has 0 bridgehead atoms. The van der Waals surface area contributed by atoms with Gasteiger partial charge in [0.1, 0.15) is 0 Å². The molecule has 3 N–H and O–H groups in total. The summed E-state index contributed by atoms with van der Waals surface area (Å²) in [4.78, 5) is 12.5. The predicted octanol–water partition coefficient (Wildman–Crippen LogP) is 12.0. The van der Waals surface area contributed by atoms with E-state index in [4.69, 9.17) is 0 Å². The van der Waals surface area contributed by atoms with Gasteiger partial charge >= 0.3 is 0 Å². The molecule has 0 aromatic rings. The fourth-order valence-electron chi connectivity index (χ4n) is 5.53. The highest BCUT2D eigenvalue weighted by Gasteiger charge is 2.24. The maximum atomic E-state index is 12.5. The van der Waals surface area contributed by atoms with Crippen molar-refractivity contribution in [2.75, 3.05) is 5.75 Å². The molecule has 7 heteroatoms. The van der Waals surface area contributed by atoms with E-state index >= 15 is 0 Å². The Labute approximate surface area is 314 Å². The van der Waals surface area contributed by atoms with Gasteiger partial charge in [-0.2, -0.15) is 8.42 Å². The molecule has 6 nitrogen and oxygen atoms in total. The first-order chi connectivity index (χ1) is 24.8. The van der Waals surface area contributed by atoms with E-state index in [2.05, 4.69) is 92.1 Å². The summed E-state index contributed by atoms with van der Waals surface area (Å²) in [7, 11) is -4.37. The number of rotatable bonds is 35. The molecule has 0 aliphatic carbocycles. The fourth-order valence-corrected chi connectivity index (χ4v) is 6.26. The van der Waals surface area contributed by atoms with E-state index < -0.39 is 28.0 Å². The van der Waals surface area contributed by atoms with Gasteiger partial charge in [-0.15, -0.1) is 0 Å². The molecule has 51 heavy (non-hydrogen) atoms. The summed E-state index contributed by atoms with van der Waals surface area (Å²) in [6, 6.07) is -1.10. The van der Waals surface area contributed by atoms with Crippen LogP contribution in [0.1, 0.15) is 168 Å². The van der Waals surface area contributed by atoms with Gasteiger partial charge in [0.15, 0.2) is 0 Å². The summed E-state index contributed by atoms with van der Waals surface area (Å²) >= 11 is 0. The number of carbonyl (C=O) groups excluding carboxylic acids is 1. The van der Waals surface area contributed by atoms with Crippen LogP contribution in [0.4, 0.5) is 0 Å². The van der Waals surface area contributed by atoms with Gasteiger partial charge in [0, 0.05) is 6.42 Å². The SMILES string of the molecule is CC/C=C\C/C=C\C/C=C\C/C=C\CCCCCCC(=O)NC(CS(=O)(=O)O)C(O)/C=C/CC/C=C/CC/C=C/CCCCCCCCCCC. The van der Waals surface area contributed by atoms with E-state index in [0.29, 0.717) is 12.8 Å². The Morgan fingerprint density at radius 2 is 0.961 bits per heavy atom. The van der Waals surface area contributed by atoms with Crippen molar-refractivity contribution in [3.63, 3.8) is 0 Å². The molecule has 2 unspecified atom stereocenters. The van der Waals surface area contributed by atoms with Crippen LogP contribution >= 0.6 is 0 Å². The van der Waals surface area contributed by atoms with Crippen molar-refractivity contribution in [2.45, 2.75) is 180 Å². The number of aliphatic hydroxyl groups is 1. The quantitative estimate of drug-likeness (QED) is 0.0342. The molecule has 0 aromatic carbocycles. The van der Waals surface area contributed by atoms with E-state index in [-0.39, 0.29) is 12.3 Å². The van der Waals surface area contributed by atoms with Gasteiger partial charge in [-0.1, -0.05) is 163 Å². The summed E-state index contributed by atoms with van der Waals surface area (Å²) in [6.45, 7) is 4.40. The van der Waals surface area contributed by atoms with Gasteiger partial charge < -0.3 is 10.4 Å². The van der Waals surface area contributed by atoms with Gasteiger partial charge in [-0.05, 0) is 83.5 Å². The lowest BCUT2D eigenvalue weighted by Gasteiger charge is -2.21. The zero-order valence-corrected chi connectivity index (χ0v) is 33.3. The van der Waals surface area contributed by atoms with E-state index in [1.807, 2.05) is 0 Å². The van der Waals surface area contributed by atoms with Gasteiger partial charge in [0.25, 0.3) is 10.1 Å². The first-order valence-corrected chi connectivity index (χ1v) is 21.9. The number of hydrogen-bond donors (Lipinski definition) is 3. The van der Waals surface area contributed by atoms with Gasteiger partial charge in [-0.25, -0.2) is 0 Å². The van der Waals surface area contributed by atoms with Crippen molar-refractivity contribution in [2.24, 2.45) is 0 Å². The Morgan fingerprint density at radius 3 is 1.47 bits per heavy atom. The molecule has 0 saturated heterocycles. The second kappa shape index (κ2) is 37.3. The number of amides is 1. The number of aliphatic hydroxyl groups excluding tert-OH is 1. The van der Waals surface area contributed by atoms with Crippen LogP contribution < -0.4 is 5.32 Å². The van der Waals surface area contributed by atoms with Crippen LogP contribution in [0.3, 0.4) is 0 Å². The molecule has 292 valence electrons. The second-order valence-electron chi connectivity index (χ2n) is 13.5. The van der Waals surface area contributed by atoms with Crippen LogP contribution in [0.5, 0.6) is 0 Å². The van der Waals surface area contributed by atoms with Crippen molar-refractivity contribution in [3.05, 3.63) is 85.1 Å². The lowest BCUT2D eigenvalue weighted by Crippen LogP contribution is -2.46. The molecular formula is C44H75NO5S. The standard InChI is InChI=1S/C44H75NO5S/c1-3-5-7-9-11-13-15-17-19-21-22-24-25-27-29-31-33-35-37-39-43(46)42(41-51(48,49)50)45-44(47)40-38-36-34-32-30-28-26-23-20-18-16-14-12-10-8-6-4-2/h6,8,12,14,18,20,22,24,26,28-29,31,37,39,42-43,46H,3-5,7,9-11,13,15-17,19,21,23,25,27,30,32-36,38,40-41H2,1-2H3,(H,45,47)(H,48,49,50)/b8-6-,14-12-,20-18-,24-22+,28-26-,31-29+,39-37+. The molecule has 0 rings (SSSR count). The van der Waals surface area contributed by atoms with Gasteiger partial charge in [0.05, 0.1) is 17.9 Å². The molecule has 0 fully saturated rings. The molecule has 0 saturated carbocycles. The third-order valence-electron chi connectivity index (χ3n) is 8.53. The molecule has 0 aliphatic heterocycles. The summed E-state index contributed by atoms with van der Waals surface area (Å²) < 4.78 is 32.5. The Kier molecular flexibility index (Phi) is 35.5. The van der Waals surface area contributed by atoms with Crippen molar-refractivity contribution in [3.8, 4) is 0 Å². The van der Waals surface area contributed by atoms with Crippen molar-refractivity contribution in [1.82, 2.24) is 5.32 Å². The second-order valence-corrected chi connectivity index (χ2v) is 15.0. The number of nitrogens with one attached hydrogen (secondary N) is 1. The zero-order valence-electron chi connectivity index (χ0n) is 32.4. The van der Waals surface area contributed by atoms with Crippen molar-refractivity contribution < 1.29 is 22.9 Å². The highest BCUT2D eigenvalue weighted by Crippen LogP contribution is 2.11. The summed E-state index contributed by atoms with van der Waals surface area (Å²) in [5, 5.41) is 13.2. The number of unbranched alkanes of at least 4 members (excludes halogenated alkanes) is 15. The maximum absolute atomic E-state index is 12.5. The summed E-state index contributed by atoms with van der Waals surface area (Å²) in [6.07, 6.45) is 54.2. The van der Waals surface area contributed by atoms with Crippen LogP contribution in [-0.2, 0) is 14.9 Å². The molecule has 1 amide bonds. The highest BCUT2D eigenvalue weighted by molar-refractivity contribution is 7.85. The van der Waals surface area contributed by atoms with Crippen LogP contribution in [0, 0.1) is 0 Å². The highest BCUT2D eigenvalue weighted by atomic mass is 32.2. The first-order valence-electron chi connectivity index (χ1n) is 20.3. The maximum Gasteiger partial charge on any atom is 0.267 e. The molecule has 2 atom stereocenters. The van der Waals surface area contributed by atoms with Gasteiger partial charge in [-0.3, -0.25) is 9.35 Å². The number of carbonyl (C=O) groups is 1. The van der Waals surface area contributed by atoms with E-state index in [1.165, 1.54) is 70.3 Å². The van der Waals surface area contributed by atoms with E-state index in [0.717, 1.165) is 70.6 Å². The normalized spacial score (nSPS) is 14.2. The summed E-state index contributed by atoms with van der Waals surface area (Å²) in [5.41, 5.74) is 0. The minimum absolute atomic E-state index is 0.252. The Morgan fingerprint density at radius 1 is 0.549 bits per heavy atom. The minimum Gasteiger partial charge on any atom is -0.387 e. The van der Waals surface area contributed by atoms with Gasteiger partial charge in [0.2, 0.25) is 5.91 Å². The number of hydrogen-bond acceptors (Lipinski definition) is 4. The zero-order chi connectivity index (χ0) is 37.5. The van der Waals surface area contributed by atoms with E-state index in [9.17, 15) is 22.9 Å². The third-order valence-corrected chi connectivity index (χ3v) is 9.31. The first kappa shape index (κ1) is 48.5. The topological polar surface area (TPSA) is 104 Å². The fraction of sp³-hybridized carbons (Fsp3) is 0.659. The minimum atomic E-state index is -4.37. The Bertz CT molecular complexity index is 1120. The molecule has 0 radical (unpaired) electrons. The molecular weight excluding hydrogens is 655 g/mol. The average molecular weight is 730 g/mol. The van der Waals surface area contributed by atoms with Crippen LogP contribution in [-0.4, -0.2) is 41.9 Å². The van der Waals surface area contributed by atoms with E-state index in [1.54, 1.807) is 6.08 Å². The van der Waals surface area contributed by atoms with Crippen LogP contribution in [0.25, 0.3) is 0 Å². The lowest BCUT2D eigenvalue weighted by molar-refractivity contribution is -0.122. The lowest BCUT2D eigenvalue weighted by atomic mass is 10.1. The third kappa shape index (κ3) is 38.6. The Hall–Kier alpha value is -2.48. The molecule has 0 heterocycles. The monoisotopic (exact) mass is 730 g/mol.